The molecule has 2 amide bonds. The lowest BCUT2D eigenvalue weighted by Gasteiger charge is -2.17. The maximum atomic E-state index is 12.8. The largest absolute Gasteiger partial charge is 0.469 e. The van der Waals surface area contributed by atoms with Gasteiger partial charge in [-0.2, -0.15) is 0 Å². The monoisotopic (exact) mass is 481 g/mol. The lowest BCUT2D eigenvalue weighted by atomic mass is 10.0. The summed E-state index contributed by atoms with van der Waals surface area (Å²) in [5.74, 6) is -4.88. The first kappa shape index (κ1) is 28.0. The Hall–Kier alpha value is -4.00. The number of benzene rings is 1. The van der Waals surface area contributed by atoms with Gasteiger partial charge in [0.1, 0.15) is 12.1 Å². The molecule has 1 aromatic rings. The highest BCUT2D eigenvalue weighted by atomic mass is 16.5. The molecule has 186 valence electrons. The van der Waals surface area contributed by atoms with Crippen LogP contribution in [0, 0.1) is 0 Å². The SMILES string of the molecule is COC(=O)C[C@H](NC(=O)c1cc(CN)cc(C(=O)N[C@@H](CC(=O)OC)C(=O)OC)c1)C(=O)OC. The Morgan fingerprint density at radius 2 is 1.09 bits per heavy atom. The van der Waals surface area contributed by atoms with Crippen molar-refractivity contribution in [2.24, 2.45) is 5.73 Å². The average molecular weight is 481 g/mol. The lowest BCUT2D eigenvalue weighted by Crippen LogP contribution is -2.44. The van der Waals surface area contributed by atoms with Crippen molar-refractivity contribution in [2.75, 3.05) is 28.4 Å². The second-order valence-electron chi connectivity index (χ2n) is 6.78. The zero-order chi connectivity index (χ0) is 25.8. The molecule has 0 aliphatic carbocycles. The van der Waals surface area contributed by atoms with Gasteiger partial charge in [0.05, 0.1) is 41.3 Å². The molecule has 1 aromatic carbocycles. The minimum absolute atomic E-state index is 0.0490. The molecule has 0 radical (unpaired) electrons. The third kappa shape index (κ3) is 8.16. The first-order chi connectivity index (χ1) is 16.1. The summed E-state index contributed by atoms with van der Waals surface area (Å²) in [5, 5.41) is 4.69. The number of nitrogens with two attached hydrogens (primary N) is 1. The van der Waals surface area contributed by atoms with E-state index in [-0.39, 0.29) is 17.7 Å². The standard InChI is InChI=1S/C21H27N3O10/c1-31-16(25)8-14(20(29)33-3)23-18(27)12-5-11(10-22)6-13(7-12)19(28)24-15(21(30)34-4)9-17(26)32-2/h5-7,14-15H,8-10,22H2,1-4H3,(H,23,27)(H,24,28)/t14-,15-/m0/s1. The summed E-state index contributed by atoms with van der Waals surface area (Å²) < 4.78 is 18.2. The fourth-order valence-electron chi connectivity index (χ4n) is 2.73. The Morgan fingerprint density at radius 1 is 0.706 bits per heavy atom. The number of carbonyl (C=O) groups excluding carboxylic acids is 6. The van der Waals surface area contributed by atoms with Crippen LogP contribution in [0.25, 0.3) is 0 Å². The zero-order valence-corrected chi connectivity index (χ0v) is 19.2. The van der Waals surface area contributed by atoms with Gasteiger partial charge in [-0.05, 0) is 23.8 Å². The number of hydrogen-bond acceptors (Lipinski definition) is 11. The van der Waals surface area contributed by atoms with Crippen LogP contribution in [0.5, 0.6) is 0 Å². The van der Waals surface area contributed by atoms with Crippen LogP contribution in [0.2, 0.25) is 0 Å². The summed E-state index contributed by atoms with van der Waals surface area (Å²) in [5.41, 5.74) is 5.92. The molecular formula is C21H27N3O10. The Bertz CT molecular complexity index is 876. The molecule has 13 heteroatoms. The minimum Gasteiger partial charge on any atom is -0.469 e. The Balaban J connectivity index is 3.19. The number of esters is 4. The van der Waals surface area contributed by atoms with Gasteiger partial charge in [0.2, 0.25) is 0 Å². The molecule has 13 nitrogen and oxygen atoms in total. The van der Waals surface area contributed by atoms with Gasteiger partial charge < -0.3 is 35.3 Å². The van der Waals surface area contributed by atoms with E-state index >= 15 is 0 Å². The highest BCUT2D eigenvalue weighted by Gasteiger charge is 2.28. The van der Waals surface area contributed by atoms with E-state index in [4.69, 9.17) is 5.73 Å². The molecule has 0 spiro atoms. The molecule has 34 heavy (non-hydrogen) atoms. The zero-order valence-electron chi connectivity index (χ0n) is 19.2. The number of carbonyl (C=O) groups is 6. The normalized spacial score (nSPS) is 11.9. The highest BCUT2D eigenvalue weighted by molar-refractivity contribution is 6.02. The van der Waals surface area contributed by atoms with Crippen molar-refractivity contribution in [2.45, 2.75) is 31.5 Å². The van der Waals surface area contributed by atoms with E-state index in [0.29, 0.717) is 5.56 Å². The van der Waals surface area contributed by atoms with Gasteiger partial charge >= 0.3 is 23.9 Å². The van der Waals surface area contributed by atoms with Crippen LogP contribution in [-0.4, -0.2) is 76.2 Å². The van der Waals surface area contributed by atoms with Crippen LogP contribution in [-0.2, 0) is 44.7 Å². The number of nitrogens with one attached hydrogen (secondary N) is 2. The number of amides is 2. The Labute approximate surface area is 195 Å². The third-order valence-electron chi connectivity index (χ3n) is 4.53. The van der Waals surface area contributed by atoms with E-state index in [1.807, 2.05) is 0 Å². The molecule has 1 rings (SSSR count). The molecule has 0 bridgehead atoms. The van der Waals surface area contributed by atoms with Crippen molar-refractivity contribution < 1.29 is 47.7 Å². The van der Waals surface area contributed by atoms with Crippen LogP contribution in [0.4, 0.5) is 0 Å². The highest BCUT2D eigenvalue weighted by Crippen LogP contribution is 2.13. The van der Waals surface area contributed by atoms with E-state index in [0.717, 1.165) is 28.4 Å². The molecular weight excluding hydrogens is 454 g/mol. The second kappa shape index (κ2) is 13.5. The fraction of sp³-hybridized carbons (Fsp3) is 0.429. The molecule has 0 heterocycles. The summed E-state index contributed by atoms with van der Waals surface area (Å²) in [6, 6.07) is 1.26. The Kier molecular flexibility index (Phi) is 11.2. The van der Waals surface area contributed by atoms with Gasteiger partial charge in [-0.3, -0.25) is 19.2 Å². The van der Waals surface area contributed by atoms with Crippen molar-refractivity contribution >= 4 is 35.7 Å². The topological polar surface area (TPSA) is 189 Å². The van der Waals surface area contributed by atoms with Crippen molar-refractivity contribution in [3.05, 3.63) is 34.9 Å². The van der Waals surface area contributed by atoms with Crippen LogP contribution in [0.3, 0.4) is 0 Å². The predicted molar refractivity (Wildman–Crippen MR) is 114 cm³/mol. The smallest absolute Gasteiger partial charge is 0.328 e. The fourth-order valence-corrected chi connectivity index (χ4v) is 2.73. The average Bonchev–Trinajstić information content (AvgIpc) is 2.85. The van der Waals surface area contributed by atoms with Gasteiger partial charge in [0.25, 0.3) is 11.8 Å². The first-order valence-electron chi connectivity index (χ1n) is 9.85. The number of rotatable bonds is 11. The second-order valence-corrected chi connectivity index (χ2v) is 6.78. The van der Waals surface area contributed by atoms with Gasteiger partial charge in [-0.1, -0.05) is 0 Å². The maximum Gasteiger partial charge on any atom is 0.328 e. The van der Waals surface area contributed by atoms with Crippen molar-refractivity contribution in [3.8, 4) is 0 Å². The summed E-state index contributed by atoms with van der Waals surface area (Å²) in [6.45, 7) is -0.0490. The summed E-state index contributed by atoms with van der Waals surface area (Å²) in [6.07, 6.45) is -0.958. The molecule has 0 saturated heterocycles. The first-order valence-corrected chi connectivity index (χ1v) is 9.85. The molecule has 0 fully saturated rings. The molecule has 0 saturated carbocycles. The van der Waals surface area contributed by atoms with Crippen LogP contribution in [0.15, 0.2) is 18.2 Å². The number of methoxy groups -OCH3 is 4. The third-order valence-corrected chi connectivity index (χ3v) is 4.53. The lowest BCUT2D eigenvalue weighted by molar-refractivity contribution is -0.149. The number of hydrogen-bond donors (Lipinski definition) is 3. The van der Waals surface area contributed by atoms with Gasteiger partial charge in [-0.25, -0.2) is 9.59 Å². The molecule has 0 aromatic heterocycles. The molecule has 0 aliphatic heterocycles. The summed E-state index contributed by atoms with van der Waals surface area (Å²) in [7, 11) is 4.41. The van der Waals surface area contributed by atoms with Crippen molar-refractivity contribution in [3.63, 3.8) is 0 Å². The Morgan fingerprint density at radius 3 is 1.38 bits per heavy atom. The van der Waals surface area contributed by atoms with Gasteiger partial charge in [0.15, 0.2) is 0 Å². The molecule has 2 atom stereocenters. The molecule has 4 N–H and O–H groups in total. The molecule has 0 unspecified atom stereocenters. The van der Waals surface area contributed by atoms with E-state index in [1.54, 1.807) is 0 Å². The maximum absolute atomic E-state index is 12.8. The van der Waals surface area contributed by atoms with E-state index in [1.165, 1.54) is 18.2 Å². The van der Waals surface area contributed by atoms with Crippen molar-refractivity contribution in [1.29, 1.82) is 0 Å². The van der Waals surface area contributed by atoms with E-state index < -0.39 is 60.6 Å². The van der Waals surface area contributed by atoms with E-state index in [9.17, 15) is 28.8 Å². The summed E-state index contributed by atoms with van der Waals surface area (Å²) in [4.78, 5) is 72.6. The minimum atomic E-state index is -1.34. The van der Waals surface area contributed by atoms with Gasteiger partial charge in [-0.15, -0.1) is 0 Å². The van der Waals surface area contributed by atoms with E-state index in [2.05, 4.69) is 29.6 Å². The van der Waals surface area contributed by atoms with Crippen molar-refractivity contribution in [1.82, 2.24) is 10.6 Å². The van der Waals surface area contributed by atoms with Crippen LogP contribution < -0.4 is 16.4 Å². The quantitative estimate of drug-likeness (QED) is 0.255. The van der Waals surface area contributed by atoms with Gasteiger partial charge in [0, 0.05) is 17.7 Å². The van der Waals surface area contributed by atoms with Crippen LogP contribution in [0.1, 0.15) is 39.1 Å². The number of ether oxygens (including phenoxy) is 4. The molecule has 0 aliphatic rings. The predicted octanol–water partition coefficient (Wildman–Crippen LogP) is -1.19. The van der Waals surface area contributed by atoms with Crippen LogP contribution >= 0.6 is 0 Å². The summed E-state index contributed by atoms with van der Waals surface area (Å²) >= 11 is 0.